The average Bonchev–Trinajstić information content (AvgIpc) is 3.03. The summed E-state index contributed by atoms with van der Waals surface area (Å²) in [6.07, 6.45) is 3.32. The molecule has 1 aliphatic heterocycles. The van der Waals surface area contributed by atoms with Crippen molar-refractivity contribution >= 4 is 5.91 Å². The number of aromatic amines is 1. The van der Waals surface area contributed by atoms with Crippen LogP contribution in [0.1, 0.15) is 67.5 Å². The molecule has 0 aromatic carbocycles. The number of amides is 1. The first kappa shape index (κ1) is 22.2. The van der Waals surface area contributed by atoms with E-state index in [0.717, 1.165) is 49.4 Å². The standard InChI is InChI=1S/C22H34N6O2/c1-15-20(16(2)25-24-15)21(30)23-14-17-8-6-7-11-27(17)12-13-28-19(29)10-9-18(26-28)22(3,4)5/h9-10,17H,6-8,11-14H2,1-5H3,(H,23,30)(H,24,25). The lowest BCUT2D eigenvalue weighted by atomic mass is 9.92. The quantitative estimate of drug-likeness (QED) is 0.755. The van der Waals surface area contributed by atoms with Crippen LogP contribution in [0.2, 0.25) is 0 Å². The Morgan fingerprint density at radius 3 is 2.67 bits per heavy atom. The molecule has 0 spiro atoms. The fourth-order valence-corrected chi connectivity index (χ4v) is 4.00. The van der Waals surface area contributed by atoms with Crippen molar-refractivity contribution in [3.8, 4) is 0 Å². The maximum atomic E-state index is 12.6. The van der Waals surface area contributed by atoms with E-state index < -0.39 is 0 Å². The van der Waals surface area contributed by atoms with Crippen LogP contribution in [0.3, 0.4) is 0 Å². The van der Waals surface area contributed by atoms with Crippen molar-refractivity contribution in [3.05, 3.63) is 45.1 Å². The first-order chi connectivity index (χ1) is 14.2. The van der Waals surface area contributed by atoms with Gasteiger partial charge in [-0.2, -0.15) is 10.2 Å². The molecule has 0 aliphatic carbocycles. The van der Waals surface area contributed by atoms with E-state index in [1.165, 1.54) is 0 Å². The molecule has 3 heterocycles. The molecule has 1 saturated heterocycles. The minimum atomic E-state index is -0.100. The van der Waals surface area contributed by atoms with E-state index in [1.807, 2.05) is 19.9 Å². The molecule has 30 heavy (non-hydrogen) atoms. The number of nitrogens with zero attached hydrogens (tertiary/aromatic N) is 4. The number of hydrogen-bond acceptors (Lipinski definition) is 5. The lowest BCUT2D eigenvalue weighted by Crippen LogP contribution is -2.48. The van der Waals surface area contributed by atoms with Gasteiger partial charge < -0.3 is 5.32 Å². The van der Waals surface area contributed by atoms with E-state index in [-0.39, 0.29) is 22.9 Å². The fourth-order valence-electron chi connectivity index (χ4n) is 4.00. The molecule has 0 bridgehead atoms. The van der Waals surface area contributed by atoms with Gasteiger partial charge in [-0.3, -0.25) is 19.6 Å². The number of carbonyl (C=O) groups is 1. The predicted octanol–water partition coefficient (Wildman–Crippen LogP) is 2.17. The highest BCUT2D eigenvalue weighted by atomic mass is 16.1. The van der Waals surface area contributed by atoms with E-state index >= 15 is 0 Å². The molecule has 1 amide bonds. The highest BCUT2D eigenvalue weighted by Gasteiger charge is 2.24. The zero-order valence-electron chi connectivity index (χ0n) is 18.8. The Labute approximate surface area is 178 Å². The Kier molecular flexibility index (Phi) is 6.75. The van der Waals surface area contributed by atoms with Crippen LogP contribution < -0.4 is 10.9 Å². The summed E-state index contributed by atoms with van der Waals surface area (Å²) in [6, 6.07) is 3.69. The van der Waals surface area contributed by atoms with Crippen LogP contribution in [0, 0.1) is 13.8 Å². The van der Waals surface area contributed by atoms with Crippen LogP contribution in [0.25, 0.3) is 0 Å². The number of likely N-dealkylation sites (tertiary alicyclic amines) is 1. The van der Waals surface area contributed by atoms with E-state index in [4.69, 9.17) is 0 Å². The van der Waals surface area contributed by atoms with Crippen molar-refractivity contribution in [2.45, 2.75) is 71.9 Å². The van der Waals surface area contributed by atoms with Gasteiger partial charge in [-0.25, -0.2) is 4.68 Å². The van der Waals surface area contributed by atoms with E-state index in [9.17, 15) is 9.59 Å². The Bertz CT molecular complexity index is 920. The van der Waals surface area contributed by atoms with Crippen LogP contribution in [-0.2, 0) is 12.0 Å². The number of piperidine rings is 1. The lowest BCUT2D eigenvalue weighted by Gasteiger charge is -2.35. The highest BCUT2D eigenvalue weighted by Crippen LogP contribution is 2.19. The molecule has 2 aromatic heterocycles. The van der Waals surface area contributed by atoms with Gasteiger partial charge in [0.05, 0.1) is 23.5 Å². The molecule has 8 heteroatoms. The zero-order valence-corrected chi connectivity index (χ0v) is 18.8. The number of rotatable bonds is 6. The minimum Gasteiger partial charge on any atom is -0.350 e. The Balaban J connectivity index is 1.63. The summed E-state index contributed by atoms with van der Waals surface area (Å²) in [5, 5.41) is 14.6. The first-order valence-electron chi connectivity index (χ1n) is 10.8. The van der Waals surface area contributed by atoms with Gasteiger partial charge >= 0.3 is 0 Å². The summed E-state index contributed by atoms with van der Waals surface area (Å²) in [7, 11) is 0. The molecular weight excluding hydrogens is 380 g/mol. The van der Waals surface area contributed by atoms with E-state index in [2.05, 4.69) is 46.3 Å². The van der Waals surface area contributed by atoms with Crippen LogP contribution in [0.15, 0.2) is 16.9 Å². The summed E-state index contributed by atoms with van der Waals surface area (Å²) in [4.78, 5) is 27.3. The smallest absolute Gasteiger partial charge is 0.266 e. The van der Waals surface area contributed by atoms with E-state index in [1.54, 1.807) is 10.7 Å². The topological polar surface area (TPSA) is 95.9 Å². The maximum Gasteiger partial charge on any atom is 0.266 e. The van der Waals surface area contributed by atoms with Crippen molar-refractivity contribution in [3.63, 3.8) is 0 Å². The van der Waals surface area contributed by atoms with Crippen molar-refractivity contribution in [1.29, 1.82) is 0 Å². The first-order valence-corrected chi connectivity index (χ1v) is 10.8. The van der Waals surface area contributed by atoms with Gasteiger partial charge in [0.2, 0.25) is 0 Å². The number of H-pyrrole nitrogens is 1. The summed E-state index contributed by atoms with van der Waals surface area (Å²) in [5.41, 5.74) is 2.87. The van der Waals surface area contributed by atoms with Gasteiger partial charge in [0.15, 0.2) is 0 Å². The molecule has 0 saturated carbocycles. The minimum absolute atomic E-state index is 0.0734. The number of carbonyl (C=O) groups excluding carboxylic acids is 1. The predicted molar refractivity (Wildman–Crippen MR) is 117 cm³/mol. The molecule has 1 aliphatic rings. The molecule has 164 valence electrons. The second kappa shape index (κ2) is 9.12. The highest BCUT2D eigenvalue weighted by molar-refractivity contribution is 5.96. The van der Waals surface area contributed by atoms with Crippen LogP contribution >= 0.6 is 0 Å². The number of hydrogen-bond donors (Lipinski definition) is 2. The average molecular weight is 415 g/mol. The van der Waals surface area contributed by atoms with Gasteiger partial charge in [0, 0.05) is 36.3 Å². The van der Waals surface area contributed by atoms with Crippen molar-refractivity contribution in [2.75, 3.05) is 19.6 Å². The molecule has 2 aromatic rings. The monoisotopic (exact) mass is 414 g/mol. The second-order valence-electron chi connectivity index (χ2n) is 9.23. The SMILES string of the molecule is Cc1n[nH]c(C)c1C(=O)NCC1CCCCN1CCn1nc(C(C)(C)C)ccc1=O. The van der Waals surface area contributed by atoms with Gasteiger partial charge in [-0.1, -0.05) is 27.2 Å². The third-order valence-electron chi connectivity index (χ3n) is 5.84. The van der Waals surface area contributed by atoms with E-state index in [0.29, 0.717) is 18.7 Å². The maximum absolute atomic E-state index is 12.6. The molecular formula is C22H34N6O2. The van der Waals surface area contributed by atoms with Crippen molar-refractivity contribution < 1.29 is 4.79 Å². The molecule has 1 fully saturated rings. The molecule has 0 radical (unpaired) electrons. The van der Waals surface area contributed by atoms with Crippen LogP contribution in [0.4, 0.5) is 0 Å². The van der Waals surface area contributed by atoms with Crippen LogP contribution in [0.5, 0.6) is 0 Å². The summed E-state index contributed by atoms with van der Waals surface area (Å²) in [5.74, 6) is -0.0833. The second-order valence-corrected chi connectivity index (χ2v) is 9.23. The van der Waals surface area contributed by atoms with Gasteiger partial charge in [0.1, 0.15) is 0 Å². The lowest BCUT2D eigenvalue weighted by molar-refractivity contribution is 0.0908. The molecule has 2 N–H and O–H groups in total. The summed E-state index contributed by atoms with van der Waals surface area (Å²) >= 11 is 0. The fraction of sp³-hybridized carbons (Fsp3) is 0.636. The van der Waals surface area contributed by atoms with Gasteiger partial charge in [-0.05, 0) is 39.3 Å². The molecule has 1 atom stereocenters. The number of aryl methyl sites for hydroxylation is 2. The Morgan fingerprint density at radius 2 is 2.00 bits per heavy atom. The third-order valence-corrected chi connectivity index (χ3v) is 5.84. The van der Waals surface area contributed by atoms with Crippen molar-refractivity contribution in [2.24, 2.45) is 0 Å². The van der Waals surface area contributed by atoms with Gasteiger partial charge in [0.25, 0.3) is 11.5 Å². The van der Waals surface area contributed by atoms with Crippen LogP contribution in [-0.4, -0.2) is 56.5 Å². The largest absolute Gasteiger partial charge is 0.350 e. The Morgan fingerprint density at radius 1 is 1.23 bits per heavy atom. The Hall–Kier alpha value is -2.48. The molecule has 3 rings (SSSR count). The van der Waals surface area contributed by atoms with Crippen molar-refractivity contribution in [1.82, 2.24) is 30.2 Å². The third kappa shape index (κ3) is 5.16. The zero-order chi connectivity index (χ0) is 21.9. The molecule has 1 unspecified atom stereocenters. The normalized spacial score (nSPS) is 17.8. The summed E-state index contributed by atoms with van der Waals surface area (Å²) < 4.78 is 1.57. The van der Waals surface area contributed by atoms with Gasteiger partial charge in [-0.15, -0.1) is 0 Å². The summed E-state index contributed by atoms with van der Waals surface area (Å²) in [6.45, 7) is 12.8. The molecule has 8 nitrogen and oxygen atoms in total. The number of nitrogens with one attached hydrogen (secondary N) is 2. The number of aromatic nitrogens is 4.